The number of hydrogen-bond acceptors (Lipinski definition) is 4. The molecule has 2 heterocycles. The van der Waals surface area contributed by atoms with Gasteiger partial charge in [-0.1, -0.05) is 18.2 Å². The summed E-state index contributed by atoms with van der Waals surface area (Å²) in [6, 6.07) is 11.9. The average Bonchev–Trinajstić information content (AvgIpc) is 3.12. The predicted molar refractivity (Wildman–Crippen MR) is 124 cm³/mol. The predicted octanol–water partition coefficient (Wildman–Crippen LogP) is 4.58. The number of para-hydroxylation sites is 1. The number of nitrogens with zero attached hydrogens (tertiary/aromatic N) is 2. The number of aryl methyl sites for hydroxylation is 1. The smallest absolute Gasteiger partial charge is 0.191 e. The molecule has 0 bridgehead atoms. The van der Waals surface area contributed by atoms with Gasteiger partial charge in [-0.2, -0.15) is 0 Å². The van der Waals surface area contributed by atoms with Crippen molar-refractivity contribution in [1.29, 1.82) is 0 Å². The normalized spacial score (nSPS) is 12.4. The molecule has 0 radical (unpaired) electrons. The Bertz CT molecular complexity index is 939. The van der Waals surface area contributed by atoms with E-state index in [1.807, 2.05) is 57.2 Å². The Hall–Kier alpha value is -2.29. The van der Waals surface area contributed by atoms with E-state index in [0.29, 0.717) is 19.1 Å². The second kappa shape index (κ2) is 10.3. The lowest BCUT2D eigenvalue weighted by molar-refractivity contribution is 0.336. The number of aliphatic imine (C=N–C) groups is 1. The summed E-state index contributed by atoms with van der Waals surface area (Å²) in [6.45, 7) is 7.26. The molecule has 0 amide bonds. The van der Waals surface area contributed by atoms with Crippen molar-refractivity contribution in [2.45, 2.75) is 33.4 Å². The van der Waals surface area contributed by atoms with E-state index in [9.17, 15) is 0 Å². The van der Waals surface area contributed by atoms with Gasteiger partial charge in [0.25, 0.3) is 0 Å². The third kappa shape index (κ3) is 5.15. The van der Waals surface area contributed by atoms with Crippen molar-refractivity contribution in [2.75, 3.05) is 13.7 Å². The Morgan fingerprint density at radius 1 is 1.29 bits per heavy atom. The van der Waals surface area contributed by atoms with E-state index in [0.717, 1.165) is 33.7 Å². The van der Waals surface area contributed by atoms with Gasteiger partial charge < -0.3 is 19.8 Å². The number of fused-ring (bicyclic) bond motifs is 1. The summed E-state index contributed by atoms with van der Waals surface area (Å²) in [5.41, 5.74) is 2.92. The van der Waals surface area contributed by atoms with Gasteiger partial charge in [0.2, 0.25) is 0 Å². The lowest BCUT2D eigenvalue weighted by atomic mass is 10.2. The minimum atomic E-state index is -0.0529. The van der Waals surface area contributed by atoms with Gasteiger partial charge in [-0.15, -0.1) is 24.0 Å². The quantitative estimate of drug-likeness (QED) is 0.298. The van der Waals surface area contributed by atoms with Crippen LogP contribution < -0.4 is 15.4 Å². The Morgan fingerprint density at radius 2 is 2.11 bits per heavy atom. The van der Waals surface area contributed by atoms with Crippen molar-refractivity contribution < 1.29 is 9.15 Å². The molecule has 1 aromatic carbocycles. The first-order valence-corrected chi connectivity index (χ1v) is 9.15. The van der Waals surface area contributed by atoms with E-state index < -0.39 is 0 Å². The number of aromatic nitrogens is 1. The molecule has 1 unspecified atom stereocenters. The van der Waals surface area contributed by atoms with Gasteiger partial charge in [0, 0.05) is 18.6 Å². The largest absolute Gasteiger partial charge is 0.490 e. The van der Waals surface area contributed by atoms with Crippen LogP contribution >= 0.6 is 24.0 Å². The topological polar surface area (TPSA) is 71.7 Å². The highest BCUT2D eigenvalue weighted by molar-refractivity contribution is 14.0. The Labute approximate surface area is 182 Å². The highest BCUT2D eigenvalue weighted by Gasteiger charge is 2.15. The molecule has 2 N–H and O–H groups in total. The number of halogens is 1. The number of pyridine rings is 1. The second-order valence-electron chi connectivity index (χ2n) is 6.32. The van der Waals surface area contributed by atoms with Gasteiger partial charge in [-0.3, -0.25) is 9.98 Å². The van der Waals surface area contributed by atoms with Crippen LogP contribution in [-0.2, 0) is 6.54 Å². The zero-order valence-electron chi connectivity index (χ0n) is 16.7. The standard InChI is InChI=1S/C21H26N4O2.HI/c1-5-26-18-10-6-9-16-12-19(27-20(16)18)15(3)25-21(22-4)24-13-17-14(2)8-7-11-23-17;/h6-12,15H,5,13H2,1-4H3,(H2,22,24,25);1H. The molecule has 3 aromatic rings. The zero-order chi connectivity index (χ0) is 19.2. The number of furan rings is 1. The molecule has 0 saturated heterocycles. The molecule has 6 nitrogen and oxygen atoms in total. The van der Waals surface area contributed by atoms with Crippen LogP contribution in [0.3, 0.4) is 0 Å². The Balaban J connectivity index is 0.00000280. The van der Waals surface area contributed by atoms with Crippen molar-refractivity contribution in [2.24, 2.45) is 4.99 Å². The number of guanidine groups is 1. The lowest BCUT2D eigenvalue weighted by Crippen LogP contribution is -2.38. The molecule has 1 atom stereocenters. The van der Waals surface area contributed by atoms with Gasteiger partial charge in [-0.05, 0) is 44.5 Å². The van der Waals surface area contributed by atoms with Gasteiger partial charge in [0.05, 0.1) is 24.9 Å². The van der Waals surface area contributed by atoms with Gasteiger partial charge >= 0.3 is 0 Å². The summed E-state index contributed by atoms with van der Waals surface area (Å²) in [6.07, 6.45) is 1.80. The highest BCUT2D eigenvalue weighted by atomic mass is 127. The van der Waals surface area contributed by atoms with Gasteiger partial charge in [-0.25, -0.2) is 0 Å². The molecule has 0 fully saturated rings. The lowest BCUT2D eigenvalue weighted by Gasteiger charge is -2.16. The summed E-state index contributed by atoms with van der Waals surface area (Å²) in [5, 5.41) is 7.69. The zero-order valence-corrected chi connectivity index (χ0v) is 19.0. The number of rotatable bonds is 6. The summed E-state index contributed by atoms with van der Waals surface area (Å²) < 4.78 is 11.7. The number of nitrogens with one attached hydrogen (secondary N) is 2. The molecular formula is C21H27IN4O2. The van der Waals surface area contributed by atoms with Crippen molar-refractivity contribution in [3.05, 3.63) is 59.6 Å². The maximum absolute atomic E-state index is 6.06. The van der Waals surface area contributed by atoms with Crippen LogP contribution in [0.1, 0.15) is 36.9 Å². The van der Waals surface area contributed by atoms with E-state index >= 15 is 0 Å². The number of ether oxygens (including phenoxy) is 1. The third-order valence-corrected chi connectivity index (χ3v) is 4.37. The fourth-order valence-electron chi connectivity index (χ4n) is 2.88. The van der Waals surface area contributed by atoms with E-state index in [4.69, 9.17) is 9.15 Å². The van der Waals surface area contributed by atoms with Crippen LogP contribution in [0.4, 0.5) is 0 Å². The number of hydrogen-bond donors (Lipinski definition) is 2. The van der Waals surface area contributed by atoms with Crippen LogP contribution in [0.5, 0.6) is 5.75 Å². The average molecular weight is 494 g/mol. The minimum Gasteiger partial charge on any atom is -0.490 e. The fraction of sp³-hybridized carbons (Fsp3) is 0.333. The molecular weight excluding hydrogens is 467 g/mol. The van der Waals surface area contributed by atoms with E-state index in [2.05, 4.69) is 20.6 Å². The van der Waals surface area contributed by atoms with Gasteiger partial charge in [0.15, 0.2) is 17.3 Å². The highest BCUT2D eigenvalue weighted by Crippen LogP contribution is 2.31. The van der Waals surface area contributed by atoms with Gasteiger partial charge in [0.1, 0.15) is 5.76 Å². The van der Waals surface area contributed by atoms with Crippen LogP contribution in [0, 0.1) is 6.92 Å². The first-order valence-electron chi connectivity index (χ1n) is 9.15. The minimum absolute atomic E-state index is 0. The van der Waals surface area contributed by atoms with Crippen molar-refractivity contribution >= 4 is 40.9 Å². The van der Waals surface area contributed by atoms with E-state index in [1.165, 1.54) is 0 Å². The van der Waals surface area contributed by atoms with Crippen molar-refractivity contribution in [3.8, 4) is 5.75 Å². The van der Waals surface area contributed by atoms with E-state index in [-0.39, 0.29) is 30.0 Å². The molecule has 28 heavy (non-hydrogen) atoms. The summed E-state index contributed by atoms with van der Waals surface area (Å²) in [7, 11) is 1.75. The SMILES string of the molecule is CCOc1cccc2cc(C(C)NC(=NC)NCc3ncccc3C)oc12.I. The molecule has 0 aliphatic carbocycles. The maximum atomic E-state index is 6.06. The first kappa shape index (κ1) is 22.0. The Kier molecular flexibility index (Phi) is 8.10. The third-order valence-electron chi connectivity index (χ3n) is 4.37. The van der Waals surface area contributed by atoms with Crippen LogP contribution in [0.15, 0.2) is 52.0 Å². The van der Waals surface area contributed by atoms with Crippen LogP contribution in [0.2, 0.25) is 0 Å². The monoisotopic (exact) mass is 494 g/mol. The molecule has 0 saturated carbocycles. The molecule has 0 aliphatic rings. The molecule has 150 valence electrons. The van der Waals surface area contributed by atoms with Crippen molar-refractivity contribution in [1.82, 2.24) is 15.6 Å². The molecule has 7 heteroatoms. The summed E-state index contributed by atoms with van der Waals surface area (Å²) in [5.74, 6) is 2.29. The molecule has 3 rings (SSSR count). The first-order chi connectivity index (χ1) is 13.1. The molecule has 0 spiro atoms. The summed E-state index contributed by atoms with van der Waals surface area (Å²) in [4.78, 5) is 8.70. The number of benzene rings is 1. The Morgan fingerprint density at radius 3 is 2.82 bits per heavy atom. The van der Waals surface area contributed by atoms with Crippen LogP contribution in [0.25, 0.3) is 11.0 Å². The second-order valence-corrected chi connectivity index (χ2v) is 6.32. The molecule has 0 aliphatic heterocycles. The molecule has 2 aromatic heterocycles. The van der Waals surface area contributed by atoms with E-state index in [1.54, 1.807) is 13.2 Å². The fourth-order valence-corrected chi connectivity index (χ4v) is 2.88. The van der Waals surface area contributed by atoms with Crippen LogP contribution in [-0.4, -0.2) is 24.6 Å². The van der Waals surface area contributed by atoms with Crippen molar-refractivity contribution in [3.63, 3.8) is 0 Å². The maximum Gasteiger partial charge on any atom is 0.191 e. The summed E-state index contributed by atoms with van der Waals surface area (Å²) >= 11 is 0.